The summed E-state index contributed by atoms with van der Waals surface area (Å²) < 4.78 is 5.62. The zero-order chi connectivity index (χ0) is 12.0. The summed E-state index contributed by atoms with van der Waals surface area (Å²) in [6, 6.07) is 4.38. The second-order valence-corrected chi connectivity index (χ2v) is 4.47. The van der Waals surface area contributed by atoms with E-state index >= 15 is 0 Å². The maximum Gasteiger partial charge on any atom is 0.117 e. The molecule has 0 fully saturated rings. The summed E-state index contributed by atoms with van der Waals surface area (Å²) in [5.41, 5.74) is 0. The molecular formula is C13H23NO2. The minimum atomic E-state index is 0.230. The van der Waals surface area contributed by atoms with E-state index in [0.29, 0.717) is 12.0 Å². The molecule has 3 nitrogen and oxygen atoms in total. The fourth-order valence-electron chi connectivity index (χ4n) is 1.75. The van der Waals surface area contributed by atoms with Crippen LogP contribution in [0.1, 0.15) is 38.7 Å². The van der Waals surface area contributed by atoms with Crippen molar-refractivity contribution in [3.63, 3.8) is 0 Å². The second-order valence-electron chi connectivity index (χ2n) is 4.47. The highest BCUT2D eigenvalue weighted by Crippen LogP contribution is 2.10. The van der Waals surface area contributed by atoms with E-state index in [1.54, 1.807) is 0 Å². The molecule has 0 radical (unpaired) electrons. The van der Waals surface area contributed by atoms with Gasteiger partial charge in [0.2, 0.25) is 0 Å². The molecule has 1 atom stereocenters. The quantitative estimate of drug-likeness (QED) is 0.748. The van der Waals surface area contributed by atoms with E-state index in [1.807, 2.05) is 12.1 Å². The summed E-state index contributed by atoms with van der Waals surface area (Å²) in [6.45, 7) is 7.37. The summed E-state index contributed by atoms with van der Waals surface area (Å²) in [5, 5.41) is 12.4. The minimum Gasteiger partial charge on any atom is -0.465 e. The van der Waals surface area contributed by atoms with Crippen molar-refractivity contribution in [3.05, 3.63) is 23.7 Å². The molecule has 2 N–H and O–H groups in total. The molecule has 0 aliphatic heterocycles. The molecule has 1 unspecified atom stereocenters. The summed E-state index contributed by atoms with van der Waals surface area (Å²) in [5.74, 6) is 2.52. The third-order valence-electron chi connectivity index (χ3n) is 2.85. The predicted molar refractivity (Wildman–Crippen MR) is 65.3 cm³/mol. The highest BCUT2D eigenvalue weighted by molar-refractivity contribution is 5.06. The van der Waals surface area contributed by atoms with E-state index < -0.39 is 0 Å². The molecule has 3 heteroatoms. The number of rotatable bonds is 7. The van der Waals surface area contributed by atoms with Crippen molar-refractivity contribution in [1.82, 2.24) is 5.32 Å². The molecule has 16 heavy (non-hydrogen) atoms. The molecule has 0 spiro atoms. The lowest BCUT2D eigenvalue weighted by molar-refractivity contribution is 0.241. The van der Waals surface area contributed by atoms with E-state index in [1.165, 1.54) is 0 Å². The first kappa shape index (κ1) is 13.3. The zero-order valence-corrected chi connectivity index (χ0v) is 10.5. The van der Waals surface area contributed by atoms with Crippen molar-refractivity contribution in [2.24, 2.45) is 5.92 Å². The first-order valence-corrected chi connectivity index (χ1v) is 6.09. The third kappa shape index (κ3) is 3.99. The highest BCUT2D eigenvalue weighted by Gasteiger charge is 2.12. The lowest BCUT2D eigenvalue weighted by Crippen LogP contribution is -2.34. The molecule has 0 aromatic carbocycles. The van der Waals surface area contributed by atoms with Crippen molar-refractivity contribution >= 4 is 0 Å². The molecule has 1 aromatic heterocycles. The van der Waals surface area contributed by atoms with Gasteiger partial charge in [-0.15, -0.1) is 0 Å². The van der Waals surface area contributed by atoms with Crippen LogP contribution in [-0.4, -0.2) is 17.8 Å². The Labute approximate surface area is 97.9 Å². The Hall–Kier alpha value is -0.800. The standard InChI is InChI=1S/C13H23NO2/c1-4-11-5-6-12(16-11)9-14-13(7-8-15)10(2)3/h5-6,10,13-15H,4,7-9H2,1-3H3. The molecule has 1 rings (SSSR count). The van der Waals surface area contributed by atoms with Crippen molar-refractivity contribution in [3.8, 4) is 0 Å². The average molecular weight is 225 g/mol. The van der Waals surface area contributed by atoms with Crippen LogP contribution in [0.2, 0.25) is 0 Å². The number of hydrogen-bond donors (Lipinski definition) is 2. The second kappa shape index (κ2) is 6.71. The Morgan fingerprint density at radius 1 is 1.31 bits per heavy atom. The number of furan rings is 1. The molecule has 1 aromatic rings. The summed E-state index contributed by atoms with van der Waals surface area (Å²) in [6.07, 6.45) is 1.73. The van der Waals surface area contributed by atoms with Crippen LogP contribution in [0.25, 0.3) is 0 Å². The maximum atomic E-state index is 8.96. The molecule has 0 aliphatic carbocycles. The van der Waals surface area contributed by atoms with Gasteiger partial charge >= 0.3 is 0 Å². The Balaban J connectivity index is 2.42. The summed E-state index contributed by atoms with van der Waals surface area (Å²) >= 11 is 0. The van der Waals surface area contributed by atoms with Crippen LogP contribution in [0.4, 0.5) is 0 Å². The van der Waals surface area contributed by atoms with Crippen LogP contribution in [-0.2, 0) is 13.0 Å². The van der Waals surface area contributed by atoms with Gasteiger partial charge in [0.15, 0.2) is 0 Å². The van der Waals surface area contributed by atoms with Crippen molar-refractivity contribution in [2.75, 3.05) is 6.61 Å². The van der Waals surface area contributed by atoms with E-state index in [4.69, 9.17) is 9.52 Å². The van der Waals surface area contributed by atoms with E-state index in [-0.39, 0.29) is 6.61 Å². The summed E-state index contributed by atoms with van der Waals surface area (Å²) in [4.78, 5) is 0. The zero-order valence-electron chi connectivity index (χ0n) is 10.5. The Morgan fingerprint density at radius 2 is 2.00 bits per heavy atom. The topological polar surface area (TPSA) is 45.4 Å². The molecule has 0 amide bonds. The van der Waals surface area contributed by atoms with Gasteiger partial charge in [-0.3, -0.25) is 0 Å². The fraction of sp³-hybridized carbons (Fsp3) is 0.692. The average Bonchev–Trinajstić information content (AvgIpc) is 2.71. The largest absolute Gasteiger partial charge is 0.465 e. The number of aliphatic hydroxyl groups excluding tert-OH is 1. The first-order valence-electron chi connectivity index (χ1n) is 6.09. The van der Waals surface area contributed by atoms with Gasteiger partial charge in [0.1, 0.15) is 11.5 Å². The van der Waals surface area contributed by atoms with Crippen LogP contribution in [0.15, 0.2) is 16.5 Å². The van der Waals surface area contributed by atoms with Gasteiger partial charge in [-0.05, 0) is 24.5 Å². The van der Waals surface area contributed by atoms with E-state index in [0.717, 1.165) is 30.9 Å². The van der Waals surface area contributed by atoms with E-state index in [2.05, 4.69) is 26.1 Å². The smallest absolute Gasteiger partial charge is 0.117 e. The molecular weight excluding hydrogens is 202 g/mol. The van der Waals surface area contributed by atoms with Crippen LogP contribution in [0.3, 0.4) is 0 Å². The van der Waals surface area contributed by atoms with Crippen LogP contribution >= 0.6 is 0 Å². The van der Waals surface area contributed by atoms with Crippen molar-refractivity contribution < 1.29 is 9.52 Å². The molecule has 0 saturated heterocycles. The highest BCUT2D eigenvalue weighted by atomic mass is 16.3. The van der Waals surface area contributed by atoms with Crippen molar-refractivity contribution in [2.45, 2.75) is 46.2 Å². The van der Waals surface area contributed by atoms with Gasteiger partial charge in [-0.25, -0.2) is 0 Å². The molecule has 92 valence electrons. The van der Waals surface area contributed by atoms with Gasteiger partial charge < -0.3 is 14.8 Å². The molecule has 0 saturated carbocycles. The Bertz CT molecular complexity index is 294. The van der Waals surface area contributed by atoms with Gasteiger partial charge in [0.25, 0.3) is 0 Å². The van der Waals surface area contributed by atoms with Gasteiger partial charge in [-0.1, -0.05) is 20.8 Å². The Kier molecular flexibility index (Phi) is 5.56. The maximum absolute atomic E-state index is 8.96. The van der Waals surface area contributed by atoms with Crippen molar-refractivity contribution in [1.29, 1.82) is 0 Å². The molecule has 1 heterocycles. The minimum absolute atomic E-state index is 0.230. The molecule has 0 bridgehead atoms. The Morgan fingerprint density at radius 3 is 2.50 bits per heavy atom. The lowest BCUT2D eigenvalue weighted by atomic mass is 10.0. The normalized spacial score (nSPS) is 13.3. The van der Waals surface area contributed by atoms with Gasteiger partial charge in [-0.2, -0.15) is 0 Å². The van der Waals surface area contributed by atoms with Crippen LogP contribution < -0.4 is 5.32 Å². The van der Waals surface area contributed by atoms with Crippen LogP contribution in [0.5, 0.6) is 0 Å². The van der Waals surface area contributed by atoms with Gasteiger partial charge in [0, 0.05) is 19.1 Å². The van der Waals surface area contributed by atoms with Crippen LogP contribution in [0, 0.1) is 5.92 Å². The third-order valence-corrected chi connectivity index (χ3v) is 2.85. The van der Waals surface area contributed by atoms with Gasteiger partial charge in [0.05, 0.1) is 6.54 Å². The number of aliphatic hydroxyl groups is 1. The monoisotopic (exact) mass is 225 g/mol. The molecule has 0 aliphatic rings. The fourth-order valence-corrected chi connectivity index (χ4v) is 1.75. The van der Waals surface area contributed by atoms with E-state index in [9.17, 15) is 0 Å². The SMILES string of the molecule is CCc1ccc(CNC(CCO)C(C)C)o1. The first-order chi connectivity index (χ1) is 7.67. The predicted octanol–water partition coefficient (Wildman–Crippen LogP) is 2.34. The number of hydrogen-bond acceptors (Lipinski definition) is 3. The lowest BCUT2D eigenvalue weighted by Gasteiger charge is -2.20. The summed E-state index contributed by atoms with van der Waals surface area (Å²) in [7, 11) is 0. The number of nitrogens with one attached hydrogen (secondary N) is 1. The number of aryl methyl sites for hydroxylation is 1.